The summed E-state index contributed by atoms with van der Waals surface area (Å²) in [6.45, 7) is 2.78. The molecule has 0 bridgehead atoms. The van der Waals surface area contributed by atoms with Crippen LogP contribution in [-0.4, -0.2) is 22.7 Å². The van der Waals surface area contributed by atoms with Crippen molar-refractivity contribution in [3.8, 4) is 11.8 Å². The van der Waals surface area contributed by atoms with E-state index >= 15 is 0 Å². The standard InChI is InChI=1S/C22H22N6O2S/c1-15-16(4-2-6-19(15)26-27-20(13-23)22(24)25)14-28-9-7-17(12-21(28)29)30-10-8-18-5-3-11-31-18/h2-7,9,11-12,26H,8,10,14H2,1H3,(H3,24,25)/b27-20+. The van der Waals surface area contributed by atoms with Gasteiger partial charge in [-0.25, -0.2) is 0 Å². The molecule has 0 radical (unpaired) electrons. The Kier molecular flexibility index (Phi) is 7.19. The lowest BCUT2D eigenvalue weighted by molar-refractivity contribution is 0.321. The lowest BCUT2D eigenvalue weighted by Crippen LogP contribution is -2.22. The van der Waals surface area contributed by atoms with E-state index in [-0.39, 0.29) is 11.3 Å². The summed E-state index contributed by atoms with van der Waals surface area (Å²) < 4.78 is 7.30. The molecule has 31 heavy (non-hydrogen) atoms. The highest BCUT2D eigenvalue weighted by Gasteiger charge is 2.08. The fourth-order valence-corrected chi connectivity index (χ4v) is 3.55. The summed E-state index contributed by atoms with van der Waals surface area (Å²) in [5.74, 6) is 0.139. The first-order chi connectivity index (χ1) is 15.0. The number of nitriles is 1. The first-order valence-corrected chi connectivity index (χ1v) is 10.4. The van der Waals surface area contributed by atoms with Crippen molar-refractivity contribution in [3.05, 3.63) is 80.4 Å². The van der Waals surface area contributed by atoms with Crippen LogP contribution in [0.1, 0.15) is 16.0 Å². The van der Waals surface area contributed by atoms with Gasteiger partial charge < -0.3 is 15.0 Å². The Hall–Kier alpha value is -3.90. The molecular formula is C22H22N6O2S. The number of nitrogens with two attached hydrogens (primary N) is 1. The van der Waals surface area contributed by atoms with Crippen molar-refractivity contribution in [3.63, 3.8) is 0 Å². The van der Waals surface area contributed by atoms with Crippen LogP contribution in [0, 0.1) is 23.7 Å². The monoisotopic (exact) mass is 434 g/mol. The molecule has 0 fully saturated rings. The quantitative estimate of drug-likeness (QED) is 0.271. The van der Waals surface area contributed by atoms with Crippen LogP contribution in [0.2, 0.25) is 0 Å². The van der Waals surface area contributed by atoms with Crippen molar-refractivity contribution in [2.75, 3.05) is 12.0 Å². The minimum Gasteiger partial charge on any atom is -0.493 e. The van der Waals surface area contributed by atoms with Gasteiger partial charge in [0.05, 0.1) is 18.8 Å². The maximum absolute atomic E-state index is 12.5. The van der Waals surface area contributed by atoms with Crippen molar-refractivity contribution in [1.29, 1.82) is 10.7 Å². The number of aromatic nitrogens is 1. The Morgan fingerprint density at radius 1 is 1.35 bits per heavy atom. The topological polar surface area (TPSA) is 129 Å². The summed E-state index contributed by atoms with van der Waals surface area (Å²) in [6, 6.07) is 14.6. The average Bonchev–Trinajstić information content (AvgIpc) is 3.26. The summed E-state index contributed by atoms with van der Waals surface area (Å²) in [7, 11) is 0. The van der Waals surface area contributed by atoms with Crippen LogP contribution < -0.4 is 21.5 Å². The van der Waals surface area contributed by atoms with E-state index < -0.39 is 5.84 Å². The fourth-order valence-electron chi connectivity index (χ4n) is 2.86. The van der Waals surface area contributed by atoms with Crippen LogP contribution in [0.3, 0.4) is 0 Å². The largest absolute Gasteiger partial charge is 0.493 e. The normalized spacial score (nSPS) is 11.0. The van der Waals surface area contributed by atoms with Gasteiger partial charge in [0.2, 0.25) is 5.71 Å². The Bertz CT molecular complexity index is 1190. The van der Waals surface area contributed by atoms with Gasteiger partial charge in [-0.3, -0.25) is 15.6 Å². The summed E-state index contributed by atoms with van der Waals surface area (Å²) in [5.41, 5.74) is 10.2. The number of nitrogens with one attached hydrogen (secondary N) is 2. The molecule has 1 aromatic carbocycles. The van der Waals surface area contributed by atoms with Crippen molar-refractivity contribution in [2.45, 2.75) is 19.9 Å². The molecule has 158 valence electrons. The second-order valence-electron chi connectivity index (χ2n) is 6.69. The number of anilines is 1. The minimum atomic E-state index is -0.409. The molecule has 0 aliphatic rings. The predicted molar refractivity (Wildman–Crippen MR) is 123 cm³/mol. The maximum atomic E-state index is 12.5. The van der Waals surface area contributed by atoms with E-state index in [0.29, 0.717) is 24.6 Å². The number of hydrogen-bond donors (Lipinski definition) is 3. The van der Waals surface area contributed by atoms with Crippen molar-refractivity contribution < 1.29 is 4.74 Å². The third-order valence-corrected chi connectivity index (χ3v) is 5.54. The van der Waals surface area contributed by atoms with Crippen LogP contribution in [0.4, 0.5) is 5.69 Å². The number of hydrazone groups is 1. The van der Waals surface area contributed by atoms with E-state index in [9.17, 15) is 4.79 Å². The highest BCUT2D eigenvalue weighted by Crippen LogP contribution is 2.20. The first-order valence-electron chi connectivity index (χ1n) is 9.50. The Morgan fingerprint density at radius 2 is 2.19 bits per heavy atom. The summed E-state index contributed by atoms with van der Waals surface area (Å²) in [5, 5.41) is 22.2. The number of amidine groups is 1. The van der Waals surface area contributed by atoms with Crippen LogP contribution in [0.25, 0.3) is 0 Å². The zero-order valence-corrected chi connectivity index (χ0v) is 17.8. The second kappa shape index (κ2) is 10.2. The van der Waals surface area contributed by atoms with Gasteiger partial charge in [0.1, 0.15) is 11.8 Å². The molecule has 4 N–H and O–H groups in total. The smallest absolute Gasteiger partial charge is 0.254 e. The Labute approximate surface area is 183 Å². The van der Waals surface area contributed by atoms with E-state index in [0.717, 1.165) is 17.5 Å². The van der Waals surface area contributed by atoms with Gasteiger partial charge in [-0.1, -0.05) is 18.2 Å². The second-order valence-corrected chi connectivity index (χ2v) is 7.73. The first kappa shape index (κ1) is 21.8. The lowest BCUT2D eigenvalue weighted by atomic mass is 10.1. The van der Waals surface area contributed by atoms with Gasteiger partial charge in [0, 0.05) is 23.6 Å². The molecule has 9 heteroatoms. The highest BCUT2D eigenvalue weighted by atomic mass is 32.1. The van der Waals surface area contributed by atoms with E-state index in [1.165, 1.54) is 10.9 Å². The molecule has 3 rings (SSSR count). The number of benzene rings is 1. The highest BCUT2D eigenvalue weighted by molar-refractivity contribution is 7.09. The number of hydrogen-bond acceptors (Lipinski definition) is 7. The average molecular weight is 435 g/mol. The van der Waals surface area contributed by atoms with Gasteiger partial charge in [-0.15, -0.1) is 11.3 Å². The summed E-state index contributed by atoms with van der Waals surface area (Å²) in [6.07, 6.45) is 2.52. The zero-order valence-electron chi connectivity index (χ0n) is 17.0. The van der Waals surface area contributed by atoms with Crippen LogP contribution in [0.15, 0.2) is 63.9 Å². The van der Waals surface area contributed by atoms with Crippen LogP contribution in [0.5, 0.6) is 5.75 Å². The predicted octanol–water partition coefficient (Wildman–Crippen LogP) is 3.12. The third kappa shape index (κ3) is 5.81. The molecule has 0 amide bonds. The molecule has 0 atom stereocenters. The van der Waals surface area contributed by atoms with Crippen LogP contribution in [-0.2, 0) is 13.0 Å². The third-order valence-electron chi connectivity index (χ3n) is 4.60. The van der Waals surface area contributed by atoms with Gasteiger partial charge in [-0.2, -0.15) is 10.4 Å². The van der Waals surface area contributed by atoms with E-state index in [1.807, 2.05) is 30.5 Å². The summed E-state index contributed by atoms with van der Waals surface area (Å²) in [4.78, 5) is 13.8. The van der Waals surface area contributed by atoms with E-state index in [1.54, 1.807) is 40.3 Å². The molecule has 2 heterocycles. The minimum absolute atomic E-state index is 0.159. The molecule has 0 saturated carbocycles. The fraction of sp³-hybridized carbons (Fsp3) is 0.182. The van der Waals surface area contributed by atoms with Crippen molar-refractivity contribution in [1.82, 2.24) is 4.57 Å². The zero-order chi connectivity index (χ0) is 22.2. The Morgan fingerprint density at radius 3 is 2.87 bits per heavy atom. The molecule has 0 unspecified atom stereocenters. The molecule has 8 nitrogen and oxygen atoms in total. The molecule has 3 aromatic rings. The number of ether oxygens (including phenoxy) is 1. The number of pyridine rings is 1. The molecule has 2 aromatic heterocycles. The van der Waals surface area contributed by atoms with Crippen LogP contribution >= 0.6 is 11.3 Å². The molecule has 0 aliphatic heterocycles. The molecule has 0 aliphatic carbocycles. The van der Waals surface area contributed by atoms with Crippen molar-refractivity contribution >= 4 is 28.6 Å². The van der Waals surface area contributed by atoms with Gasteiger partial charge >= 0.3 is 0 Å². The van der Waals surface area contributed by atoms with Gasteiger partial charge in [0.15, 0.2) is 5.84 Å². The molecular weight excluding hydrogens is 412 g/mol. The Balaban J connectivity index is 1.68. The number of thiophene rings is 1. The molecule has 0 spiro atoms. The van der Waals surface area contributed by atoms with E-state index in [4.69, 9.17) is 21.1 Å². The van der Waals surface area contributed by atoms with Gasteiger partial charge in [0.25, 0.3) is 5.56 Å². The summed E-state index contributed by atoms with van der Waals surface area (Å²) >= 11 is 1.68. The number of nitrogens with zero attached hydrogens (tertiary/aromatic N) is 3. The molecule has 0 saturated heterocycles. The van der Waals surface area contributed by atoms with Crippen molar-refractivity contribution in [2.24, 2.45) is 10.8 Å². The lowest BCUT2D eigenvalue weighted by Gasteiger charge is -2.13. The van der Waals surface area contributed by atoms with E-state index in [2.05, 4.69) is 16.6 Å². The van der Waals surface area contributed by atoms with Gasteiger partial charge in [-0.05, 0) is 41.6 Å². The SMILES string of the molecule is Cc1c(Cn2ccc(OCCc3cccs3)cc2=O)cccc1N/N=C(\C#N)C(=N)N. The number of rotatable bonds is 9. The maximum Gasteiger partial charge on any atom is 0.254 e.